The number of piperidine rings is 1. The molecule has 2 heterocycles. The SMILES string of the molecule is O=C(c1ccc(N2CCCCC2)cc1)N1CCc2ccccc21. The zero-order chi connectivity index (χ0) is 15.6. The van der Waals surface area contributed by atoms with Crippen LogP contribution in [0.15, 0.2) is 48.5 Å². The van der Waals surface area contributed by atoms with Gasteiger partial charge in [0.25, 0.3) is 5.91 Å². The van der Waals surface area contributed by atoms with E-state index in [-0.39, 0.29) is 5.91 Å². The first-order valence-corrected chi connectivity index (χ1v) is 8.58. The zero-order valence-electron chi connectivity index (χ0n) is 13.4. The highest BCUT2D eigenvalue weighted by Gasteiger charge is 2.25. The number of nitrogens with zero attached hydrogens (tertiary/aromatic N) is 2. The number of amides is 1. The molecule has 0 spiro atoms. The Balaban J connectivity index is 1.53. The van der Waals surface area contributed by atoms with E-state index in [1.165, 1.54) is 30.5 Å². The maximum Gasteiger partial charge on any atom is 0.258 e. The molecule has 2 aliphatic rings. The molecule has 3 heteroatoms. The lowest BCUT2D eigenvalue weighted by molar-refractivity contribution is 0.0989. The Morgan fingerprint density at radius 1 is 0.826 bits per heavy atom. The number of carbonyl (C=O) groups excluding carboxylic acids is 1. The first-order chi connectivity index (χ1) is 11.3. The van der Waals surface area contributed by atoms with E-state index >= 15 is 0 Å². The molecule has 3 nitrogen and oxygen atoms in total. The summed E-state index contributed by atoms with van der Waals surface area (Å²) in [5.74, 6) is 0.111. The molecule has 0 bridgehead atoms. The van der Waals surface area contributed by atoms with E-state index < -0.39 is 0 Å². The highest BCUT2D eigenvalue weighted by atomic mass is 16.2. The Labute approximate surface area is 137 Å². The summed E-state index contributed by atoms with van der Waals surface area (Å²) in [4.78, 5) is 17.1. The van der Waals surface area contributed by atoms with Gasteiger partial charge in [0.2, 0.25) is 0 Å². The van der Waals surface area contributed by atoms with Gasteiger partial charge in [-0.3, -0.25) is 4.79 Å². The molecule has 4 rings (SSSR count). The summed E-state index contributed by atoms with van der Waals surface area (Å²) in [6.07, 6.45) is 4.83. The van der Waals surface area contributed by atoms with Gasteiger partial charge in [-0.2, -0.15) is 0 Å². The van der Waals surface area contributed by atoms with E-state index in [4.69, 9.17) is 0 Å². The van der Waals surface area contributed by atoms with Crippen molar-refractivity contribution in [3.05, 3.63) is 59.7 Å². The highest BCUT2D eigenvalue weighted by molar-refractivity contribution is 6.07. The van der Waals surface area contributed by atoms with Gasteiger partial charge < -0.3 is 9.80 Å². The summed E-state index contributed by atoms with van der Waals surface area (Å²) in [6.45, 7) is 3.05. The van der Waals surface area contributed by atoms with Crippen molar-refractivity contribution in [1.82, 2.24) is 0 Å². The number of para-hydroxylation sites is 1. The normalized spacial score (nSPS) is 17.2. The minimum Gasteiger partial charge on any atom is -0.372 e. The Morgan fingerprint density at radius 3 is 2.35 bits per heavy atom. The molecule has 1 fully saturated rings. The van der Waals surface area contributed by atoms with Crippen LogP contribution in [0.3, 0.4) is 0 Å². The first-order valence-electron chi connectivity index (χ1n) is 8.58. The van der Waals surface area contributed by atoms with E-state index in [0.29, 0.717) is 0 Å². The fraction of sp³-hybridized carbons (Fsp3) is 0.350. The third kappa shape index (κ3) is 2.72. The average Bonchev–Trinajstić information content (AvgIpc) is 3.06. The predicted octanol–water partition coefficient (Wildman–Crippen LogP) is 3.88. The van der Waals surface area contributed by atoms with Crippen LogP contribution in [0.1, 0.15) is 35.2 Å². The van der Waals surface area contributed by atoms with Crippen LogP contribution < -0.4 is 9.80 Å². The van der Waals surface area contributed by atoms with Crippen LogP contribution in [0.2, 0.25) is 0 Å². The standard InChI is InChI=1S/C20H22N2O/c23-20(22-15-12-16-6-2-3-7-19(16)22)17-8-10-18(11-9-17)21-13-4-1-5-14-21/h2-3,6-11H,1,4-5,12-15H2. The van der Waals surface area contributed by atoms with Gasteiger partial charge in [-0.05, 0) is 61.6 Å². The molecule has 0 saturated carbocycles. The molecule has 1 amide bonds. The lowest BCUT2D eigenvalue weighted by atomic mass is 10.1. The summed E-state index contributed by atoms with van der Waals surface area (Å²) in [5.41, 5.74) is 4.36. The fourth-order valence-corrected chi connectivity index (χ4v) is 3.67. The van der Waals surface area contributed by atoms with E-state index in [2.05, 4.69) is 23.1 Å². The minimum atomic E-state index is 0.111. The lowest BCUT2D eigenvalue weighted by Crippen LogP contribution is -2.30. The van der Waals surface area contributed by atoms with Crippen molar-refractivity contribution in [2.24, 2.45) is 0 Å². The van der Waals surface area contributed by atoms with Gasteiger partial charge in [-0.1, -0.05) is 18.2 Å². The Bertz CT molecular complexity index is 702. The third-order valence-corrected chi connectivity index (χ3v) is 4.97. The largest absolute Gasteiger partial charge is 0.372 e. The van der Waals surface area contributed by atoms with E-state index in [1.807, 2.05) is 35.2 Å². The van der Waals surface area contributed by atoms with E-state index in [0.717, 1.165) is 37.3 Å². The minimum absolute atomic E-state index is 0.111. The summed E-state index contributed by atoms with van der Waals surface area (Å²) in [5, 5.41) is 0. The molecule has 2 aromatic rings. The van der Waals surface area contributed by atoms with Crippen LogP contribution in [-0.2, 0) is 6.42 Å². The summed E-state index contributed by atoms with van der Waals surface area (Å²) >= 11 is 0. The van der Waals surface area contributed by atoms with Crippen LogP contribution in [0.25, 0.3) is 0 Å². The molecule has 23 heavy (non-hydrogen) atoms. The van der Waals surface area contributed by atoms with Gasteiger partial charge in [0, 0.05) is 36.6 Å². The van der Waals surface area contributed by atoms with Crippen LogP contribution in [0, 0.1) is 0 Å². The van der Waals surface area contributed by atoms with Crippen molar-refractivity contribution in [1.29, 1.82) is 0 Å². The molecule has 0 unspecified atom stereocenters. The molecule has 0 aliphatic carbocycles. The van der Waals surface area contributed by atoms with Crippen LogP contribution in [0.5, 0.6) is 0 Å². The number of hydrogen-bond acceptors (Lipinski definition) is 2. The number of carbonyl (C=O) groups is 1. The lowest BCUT2D eigenvalue weighted by Gasteiger charge is -2.29. The number of hydrogen-bond donors (Lipinski definition) is 0. The van der Waals surface area contributed by atoms with Crippen LogP contribution in [-0.4, -0.2) is 25.5 Å². The molecule has 0 radical (unpaired) electrons. The maximum atomic E-state index is 12.8. The number of rotatable bonds is 2. The van der Waals surface area contributed by atoms with Gasteiger partial charge >= 0.3 is 0 Å². The zero-order valence-corrected chi connectivity index (χ0v) is 13.4. The van der Waals surface area contributed by atoms with Crippen LogP contribution >= 0.6 is 0 Å². The molecular formula is C20H22N2O. The van der Waals surface area contributed by atoms with Crippen molar-refractivity contribution in [3.8, 4) is 0 Å². The second kappa shape index (κ2) is 6.07. The predicted molar refractivity (Wildman–Crippen MR) is 94.3 cm³/mol. The molecule has 0 N–H and O–H groups in total. The number of fused-ring (bicyclic) bond motifs is 1. The van der Waals surface area contributed by atoms with Crippen molar-refractivity contribution in [3.63, 3.8) is 0 Å². The van der Waals surface area contributed by atoms with E-state index in [9.17, 15) is 4.79 Å². The quantitative estimate of drug-likeness (QED) is 0.840. The number of anilines is 2. The second-order valence-electron chi connectivity index (χ2n) is 6.43. The molecule has 118 valence electrons. The molecule has 0 atom stereocenters. The van der Waals surface area contributed by atoms with Crippen molar-refractivity contribution in [2.75, 3.05) is 29.4 Å². The van der Waals surface area contributed by atoms with E-state index in [1.54, 1.807) is 0 Å². The Kier molecular flexibility index (Phi) is 3.78. The van der Waals surface area contributed by atoms with Gasteiger partial charge in [0.15, 0.2) is 0 Å². The summed E-state index contributed by atoms with van der Waals surface area (Å²) in [7, 11) is 0. The maximum absolute atomic E-state index is 12.8. The summed E-state index contributed by atoms with van der Waals surface area (Å²) in [6, 6.07) is 16.4. The molecule has 2 aliphatic heterocycles. The second-order valence-corrected chi connectivity index (χ2v) is 6.43. The molecular weight excluding hydrogens is 284 g/mol. The van der Waals surface area contributed by atoms with Crippen molar-refractivity contribution in [2.45, 2.75) is 25.7 Å². The molecule has 1 saturated heterocycles. The van der Waals surface area contributed by atoms with Crippen molar-refractivity contribution < 1.29 is 4.79 Å². The first kappa shape index (κ1) is 14.3. The highest BCUT2D eigenvalue weighted by Crippen LogP contribution is 2.29. The smallest absolute Gasteiger partial charge is 0.258 e. The third-order valence-electron chi connectivity index (χ3n) is 4.97. The van der Waals surface area contributed by atoms with Gasteiger partial charge in [0.05, 0.1) is 0 Å². The van der Waals surface area contributed by atoms with Crippen LogP contribution in [0.4, 0.5) is 11.4 Å². The topological polar surface area (TPSA) is 23.6 Å². The van der Waals surface area contributed by atoms with Gasteiger partial charge in [-0.25, -0.2) is 0 Å². The Morgan fingerprint density at radius 2 is 1.57 bits per heavy atom. The average molecular weight is 306 g/mol. The van der Waals surface area contributed by atoms with Gasteiger partial charge in [0.1, 0.15) is 0 Å². The Hall–Kier alpha value is -2.29. The fourth-order valence-electron chi connectivity index (χ4n) is 3.67. The number of benzene rings is 2. The monoisotopic (exact) mass is 306 g/mol. The summed E-state index contributed by atoms with van der Waals surface area (Å²) < 4.78 is 0. The van der Waals surface area contributed by atoms with Gasteiger partial charge in [-0.15, -0.1) is 0 Å². The van der Waals surface area contributed by atoms with Crippen molar-refractivity contribution >= 4 is 17.3 Å². The molecule has 2 aromatic carbocycles. The molecule has 0 aromatic heterocycles.